The molecule has 0 saturated heterocycles. The van der Waals surface area contributed by atoms with Gasteiger partial charge in [0.05, 0.1) is 0 Å². The first-order valence-electron chi connectivity index (χ1n) is 6.34. The average Bonchev–Trinajstić information content (AvgIpc) is 2.48. The van der Waals surface area contributed by atoms with Crippen molar-refractivity contribution in [1.82, 2.24) is 0 Å². The van der Waals surface area contributed by atoms with Gasteiger partial charge in [-0.15, -0.1) is 0 Å². The second kappa shape index (κ2) is 4.99. The molecule has 3 aromatic carbocycles. The fourth-order valence-electron chi connectivity index (χ4n) is 2.25. The molecule has 1 nitrogen and oxygen atoms in total. The van der Waals surface area contributed by atoms with Gasteiger partial charge in [-0.3, -0.25) is 0 Å². The highest BCUT2D eigenvalue weighted by atomic mass is 14.5. The van der Waals surface area contributed by atoms with Gasteiger partial charge in [-0.25, -0.2) is 0 Å². The summed E-state index contributed by atoms with van der Waals surface area (Å²) >= 11 is 0. The Bertz CT molecular complexity index is 615. The minimum atomic E-state index is 0.792. The summed E-state index contributed by atoms with van der Waals surface area (Å²) in [6.45, 7) is 0. The fraction of sp³-hybridized carbons (Fsp3) is 0. The molecule has 0 aliphatic carbocycles. The normalized spacial score (nSPS) is 10.3. The largest absolute Gasteiger partial charge is 0.399 e. The van der Waals surface area contributed by atoms with E-state index in [0.29, 0.717) is 0 Å². The molecule has 0 aliphatic heterocycles. The number of hydrogen-bond acceptors (Lipinski definition) is 1. The Balaban J connectivity index is 2.12. The predicted molar refractivity (Wildman–Crippen MR) is 81.7 cm³/mol. The van der Waals surface area contributed by atoms with E-state index in [1.165, 1.54) is 11.1 Å². The Labute approximate surface area is 113 Å². The van der Waals surface area contributed by atoms with Crippen LogP contribution < -0.4 is 5.73 Å². The first-order valence-corrected chi connectivity index (χ1v) is 6.34. The zero-order chi connectivity index (χ0) is 13.1. The van der Waals surface area contributed by atoms with Crippen LogP contribution in [0.2, 0.25) is 0 Å². The van der Waals surface area contributed by atoms with E-state index in [9.17, 15) is 0 Å². The Hall–Kier alpha value is -2.54. The van der Waals surface area contributed by atoms with Crippen molar-refractivity contribution < 1.29 is 0 Å². The number of nitrogens with two attached hydrogens (primary N) is 1. The summed E-state index contributed by atoms with van der Waals surface area (Å²) in [6, 6.07) is 26.8. The van der Waals surface area contributed by atoms with Gasteiger partial charge in [-0.05, 0) is 40.5 Å². The van der Waals surface area contributed by atoms with E-state index >= 15 is 0 Å². The summed E-state index contributed by atoms with van der Waals surface area (Å²) in [5, 5.41) is 0. The predicted octanol–water partition coefficient (Wildman–Crippen LogP) is 4.60. The summed E-state index contributed by atoms with van der Waals surface area (Å²) in [5.41, 5.74) is 11.5. The molecule has 0 atom stereocenters. The molecule has 92 valence electrons. The van der Waals surface area contributed by atoms with E-state index in [1.54, 1.807) is 0 Å². The minimum absolute atomic E-state index is 0.792. The van der Waals surface area contributed by atoms with Crippen LogP contribution in [0.3, 0.4) is 0 Å². The first kappa shape index (κ1) is 11.5. The van der Waals surface area contributed by atoms with E-state index in [0.717, 1.165) is 16.8 Å². The third-order valence-electron chi connectivity index (χ3n) is 3.17. The molecule has 0 amide bonds. The van der Waals surface area contributed by atoms with Crippen LogP contribution in [0.5, 0.6) is 0 Å². The zero-order valence-corrected chi connectivity index (χ0v) is 10.6. The topological polar surface area (TPSA) is 26.0 Å². The Morgan fingerprint density at radius 1 is 0.474 bits per heavy atom. The highest BCUT2D eigenvalue weighted by Crippen LogP contribution is 2.29. The molecule has 0 saturated carbocycles. The van der Waals surface area contributed by atoms with Crippen molar-refractivity contribution in [2.75, 3.05) is 5.73 Å². The molecular formula is C18H15N. The number of benzene rings is 3. The maximum Gasteiger partial charge on any atom is 0.0326 e. The van der Waals surface area contributed by atoms with Crippen molar-refractivity contribution in [1.29, 1.82) is 0 Å². The lowest BCUT2D eigenvalue weighted by Crippen LogP contribution is -1.88. The zero-order valence-electron chi connectivity index (χ0n) is 10.6. The highest BCUT2D eigenvalue weighted by molar-refractivity contribution is 5.77. The van der Waals surface area contributed by atoms with E-state index in [1.807, 2.05) is 48.5 Å². The molecule has 0 unspecified atom stereocenters. The lowest BCUT2D eigenvalue weighted by molar-refractivity contribution is 1.58. The Morgan fingerprint density at radius 2 is 0.895 bits per heavy atom. The average molecular weight is 245 g/mol. The molecule has 19 heavy (non-hydrogen) atoms. The smallest absolute Gasteiger partial charge is 0.0326 e. The van der Waals surface area contributed by atoms with Crippen molar-refractivity contribution in [3.63, 3.8) is 0 Å². The molecule has 0 fully saturated rings. The summed E-state index contributed by atoms with van der Waals surface area (Å²) in [6.07, 6.45) is 0. The van der Waals surface area contributed by atoms with Gasteiger partial charge in [0.25, 0.3) is 0 Å². The summed E-state index contributed by atoms with van der Waals surface area (Å²) in [4.78, 5) is 0. The van der Waals surface area contributed by atoms with Crippen molar-refractivity contribution in [3.05, 3.63) is 78.9 Å². The molecule has 0 bridgehead atoms. The number of hydrogen-bond donors (Lipinski definition) is 1. The molecular weight excluding hydrogens is 230 g/mol. The van der Waals surface area contributed by atoms with Crippen molar-refractivity contribution in [2.45, 2.75) is 0 Å². The third-order valence-corrected chi connectivity index (χ3v) is 3.17. The summed E-state index contributed by atoms with van der Waals surface area (Å²) < 4.78 is 0. The van der Waals surface area contributed by atoms with Crippen LogP contribution in [-0.2, 0) is 0 Å². The van der Waals surface area contributed by atoms with Gasteiger partial charge < -0.3 is 5.73 Å². The van der Waals surface area contributed by atoms with Gasteiger partial charge in [-0.2, -0.15) is 0 Å². The molecule has 1 heteroatoms. The van der Waals surface area contributed by atoms with Crippen LogP contribution in [-0.4, -0.2) is 0 Å². The number of rotatable bonds is 2. The van der Waals surface area contributed by atoms with Gasteiger partial charge in [-0.1, -0.05) is 60.7 Å². The van der Waals surface area contributed by atoms with Crippen LogP contribution in [0.25, 0.3) is 22.3 Å². The molecule has 0 aliphatic rings. The molecule has 0 spiro atoms. The third kappa shape index (κ3) is 2.50. The van der Waals surface area contributed by atoms with Crippen LogP contribution >= 0.6 is 0 Å². The first-order chi connectivity index (χ1) is 9.33. The standard InChI is InChI=1S/C18H15N/c19-18-12-16(14-7-3-1-4-8-14)11-17(13-18)15-9-5-2-6-10-15/h1-13H,19H2. The monoisotopic (exact) mass is 245 g/mol. The van der Waals surface area contributed by atoms with E-state index < -0.39 is 0 Å². The van der Waals surface area contributed by atoms with Crippen molar-refractivity contribution >= 4 is 5.69 Å². The summed E-state index contributed by atoms with van der Waals surface area (Å²) in [5.74, 6) is 0. The molecule has 3 aromatic rings. The van der Waals surface area contributed by atoms with Gasteiger partial charge in [0.1, 0.15) is 0 Å². The Morgan fingerprint density at radius 3 is 1.32 bits per heavy atom. The lowest BCUT2D eigenvalue weighted by atomic mass is 9.98. The van der Waals surface area contributed by atoms with Gasteiger partial charge >= 0.3 is 0 Å². The molecule has 0 heterocycles. The molecule has 0 aromatic heterocycles. The maximum atomic E-state index is 6.03. The molecule has 3 rings (SSSR count). The van der Waals surface area contributed by atoms with E-state index in [-0.39, 0.29) is 0 Å². The summed E-state index contributed by atoms with van der Waals surface area (Å²) in [7, 11) is 0. The van der Waals surface area contributed by atoms with Gasteiger partial charge in [0.2, 0.25) is 0 Å². The van der Waals surface area contributed by atoms with E-state index in [4.69, 9.17) is 5.73 Å². The maximum absolute atomic E-state index is 6.03. The fourth-order valence-corrected chi connectivity index (χ4v) is 2.25. The van der Waals surface area contributed by atoms with Crippen molar-refractivity contribution in [2.24, 2.45) is 0 Å². The van der Waals surface area contributed by atoms with Crippen LogP contribution in [0, 0.1) is 0 Å². The minimum Gasteiger partial charge on any atom is -0.399 e. The number of anilines is 1. The second-order valence-corrected chi connectivity index (χ2v) is 4.58. The van der Waals surface area contributed by atoms with Gasteiger partial charge in [0.15, 0.2) is 0 Å². The van der Waals surface area contributed by atoms with Crippen molar-refractivity contribution in [3.8, 4) is 22.3 Å². The second-order valence-electron chi connectivity index (χ2n) is 4.58. The SMILES string of the molecule is Nc1cc(-c2ccccc2)cc(-c2ccccc2)c1. The highest BCUT2D eigenvalue weighted by Gasteiger charge is 2.03. The van der Waals surface area contributed by atoms with Crippen LogP contribution in [0.1, 0.15) is 0 Å². The molecule has 2 N–H and O–H groups in total. The van der Waals surface area contributed by atoms with Crippen LogP contribution in [0.15, 0.2) is 78.9 Å². The van der Waals surface area contributed by atoms with E-state index in [2.05, 4.69) is 30.3 Å². The Kier molecular flexibility index (Phi) is 3.03. The number of nitrogen functional groups attached to an aromatic ring is 1. The molecule has 0 radical (unpaired) electrons. The van der Waals surface area contributed by atoms with Crippen LogP contribution in [0.4, 0.5) is 5.69 Å². The quantitative estimate of drug-likeness (QED) is 0.656. The lowest BCUT2D eigenvalue weighted by Gasteiger charge is -2.08. The van der Waals surface area contributed by atoms with Gasteiger partial charge in [0, 0.05) is 5.69 Å².